The molecule has 1 aromatic carbocycles. The highest BCUT2D eigenvalue weighted by atomic mass is 16.5. The molecule has 1 aliphatic rings. The third-order valence-electron chi connectivity index (χ3n) is 6.62. The molecule has 1 fully saturated rings. The van der Waals surface area contributed by atoms with Gasteiger partial charge in [0, 0.05) is 56.7 Å². The maximum atomic E-state index is 5.65. The maximum absolute atomic E-state index is 5.65. The van der Waals surface area contributed by atoms with Gasteiger partial charge < -0.3 is 19.7 Å². The highest BCUT2D eigenvalue weighted by Crippen LogP contribution is 2.39. The summed E-state index contributed by atoms with van der Waals surface area (Å²) in [6, 6.07) is 7.92. The van der Waals surface area contributed by atoms with E-state index in [-0.39, 0.29) is 0 Å². The van der Waals surface area contributed by atoms with E-state index >= 15 is 0 Å². The number of anilines is 2. The minimum absolute atomic E-state index is 0.317. The molecular formula is C27H32N10O2. The second kappa shape index (κ2) is 11.4. The van der Waals surface area contributed by atoms with Crippen molar-refractivity contribution in [2.24, 2.45) is 17.0 Å². The number of aromatic nitrogens is 6. The number of nitrogens with one attached hydrogen (secondary N) is 1. The van der Waals surface area contributed by atoms with Gasteiger partial charge in [-0.2, -0.15) is 10.2 Å². The Balaban J connectivity index is 1.50. The Morgan fingerprint density at radius 3 is 2.74 bits per heavy atom. The number of ether oxygens (including phenoxy) is 2. The molecule has 1 saturated heterocycles. The molecule has 0 spiro atoms. The van der Waals surface area contributed by atoms with Crippen molar-refractivity contribution < 1.29 is 9.47 Å². The summed E-state index contributed by atoms with van der Waals surface area (Å²) in [7, 11) is 5.16. The van der Waals surface area contributed by atoms with Crippen LogP contribution in [0.3, 0.4) is 0 Å². The lowest BCUT2D eigenvalue weighted by atomic mass is 10.1. The minimum atomic E-state index is 0.317. The number of hydrogen-bond acceptors (Lipinski definition) is 10. The zero-order chi connectivity index (χ0) is 27.4. The molecule has 1 N–H and O–H groups in total. The van der Waals surface area contributed by atoms with E-state index in [4.69, 9.17) is 19.6 Å². The topological polar surface area (TPSA) is 120 Å². The van der Waals surface area contributed by atoms with Gasteiger partial charge in [0.2, 0.25) is 0 Å². The van der Waals surface area contributed by atoms with Crippen molar-refractivity contribution >= 4 is 35.9 Å². The third kappa shape index (κ3) is 5.65. The van der Waals surface area contributed by atoms with Gasteiger partial charge in [-0.05, 0) is 31.3 Å². The van der Waals surface area contributed by atoms with Crippen molar-refractivity contribution in [3.05, 3.63) is 59.9 Å². The van der Waals surface area contributed by atoms with Crippen molar-refractivity contribution in [2.75, 3.05) is 32.2 Å². The Morgan fingerprint density at radius 2 is 2.08 bits per heavy atom. The second-order valence-corrected chi connectivity index (χ2v) is 9.22. The highest BCUT2D eigenvalue weighted by Gasteiger charge is 2.23. The van der Waals surface area contributed by atoms with Crippen LogP contribution in [0, 0.1) is 6.92 Å². The average molecular weight is 529 g/mol. The molecule has 12 heteroatoms. The van der Waals surface area contributed by atoms with E-state index in [2.05, 4.69) is 32.1 Å². The molecule has 5 rings (SSSR count). The Bertz CT molecular complexity index is 1490. The molecule has 0 aliphatic carbocycles. The van der Waals surface area contributed by atoms with Crippen LogP contribution < -0.4 is 19.7 Å². The Morgan fingerprint density at radius 1 is 1.23 bits per heavy atom. The molecule has 0 atom stereocenters. The fraction of sp³-hybridized carbons (Fsp3) is 0.333. The molecule has 1 aliphatic heterocycles. The first-order chi connectivity index (χ1) is 19.0. The lowest BCUT2D eigenvalue weighted by Crippen LogP contribution is -2.43. The summed E-state index contributed by atoms with van der Waals surface area (Å²) in [6.45, 7) is 7.88. The average Bonchev–Trinajstić information content (AvgIpc) is 3.55. The van der Waals surface area contributed by atoms with Gasteiger partial charge >= 0.3 is 0 Å². The van der Waals surface area contributed by atoms with E-state index in [1.165, 1.54) is 0 Å². The Kier molecular flexibility index (Phi) is 7.64. The van der Waals surface area contributed by atoms with Crippen molar-refractivity contribution in [2.45, 2.75) is 25.9 Å². The van der Waals surface area contributed by atoms with Crippen LogP contribution in [0.2, 0.25) is 0 Å². The van der Waals surface area contributed by atoms with Crippen molar-refractivity contribution in [3.8, 4) is 11.5 Å². The van der Waals surface area contributed by atoms with E-state index in [9.17, 15) is 0 Å². The predicted octanol–water partition coefficient (Wildman–Crippen LogP) is 3.49. The first-order valence-corrected chi connectivity index (χ1v) is 12.6. The van der Waals surface area contributed by atoms with Crippen LogP contribution in [0.4, 0.5) is 23.0 Å². The van der Waals surface area contributed by atoms with Crippen LogP contribution >= 0.6 is 0 Å². The fourth-order valence-corrected chi connectivity index (χ4v) is 4.33. The molecule has 39 heavy (non-hydrogen) atoms. The molecule has 0 radical (unpaired) electrons. The molecular weight excluding hydrogens is 496 g/mol. The van der Waals surface area contributed by atoms with Crippen LogP contribution in [-0.4, -0.2) is 69.8 Å². The number of rotatable bonds is 11. The number of nitrogens with zero attached hydrogens (tertiary/aromatic N) is 9. The number of benzene rings is 1. The third-order valence-corrected chi connectivity index (χ3v) is 6.62. The number of pyridine rings is 1. The van der Waals surface area contributed by atoms with E-state index in [1.807, 2.05) is 66.4 Å². The molecule has 0 amide bonds. The highest BCUT2D eigenvalue weighted by molar-refractivity contribution is 5.75. The predicted molar refractivity (Wildman–Crippen MR) is 151 cm³/mol. The van der Waals surface area contributed by atoms with Crippen molar-refractivity contribution in [1.82, 2.24) is 34.8 Å². The number of aliphatic imine (C=N–C) groups is 2. The van der Waals surface area contributed by atoms with Crippen LogP contribution in [-0.2, 0) is 20.0 Å². The SMILES string of the molecule is C=Nc1nc(N(Cc2ncn(C3CNC3)n2)c2cc(OC)cc(OC)c2C)ccc1N=CCc1cnn(C)c1. The van der Waals surface area contributed by atoms with E-state index in [0.29, 0.717) is 53.7 Å². The minimum Gasteiger partial charge on any atom is -0.497 e. The first-order valence-electron chi connectivity index (χ1n) is 12.6. The normalized spacial score (nSPS) is 13.4. The molecule has 12 nitrogen and oxygen atoms in total. The zero-order valence-electron chi connectivity index (χ0n) is 22.6. The van der Waals surface area contributed by atoms with E-state index in [0.717, 1.165) is 29.9 Å². The van der Waals surface area contributed by atoms with Gasteiger partial charge in [-0.1, -0.05) is 0 Å². The van der Waals surface area contributed by atoms with Gasteiger partial charge in [0.1, 0.15) is 29.3 Å². The van der Waals surface area contributed by atoms with Crippen LogP contribution in [0.1, 0.15) is 23.0 Å². The van der Waals surface area contributed by atoms with E-state index in [1.54, 1.807) is 25.2 Å². The summed E-state index contributed by atoms with van der Waals surface area (Å²) in [4.78, 5) is 20.2. The summed E-state index contributed by atoms with van der Waals surface area (Å²) >= 11 is 0. The molecule has 4 heterocycles. The Hall–Kier alpha value is -4.58. The summed E-state index contributed by atoms with van der Waals surface area (Å²) in [6.07, 6.45) is 8.02. The van der Waals surface area contributed by atoms with Gasteiger partial charge in [0.15, 0.2) is 11.6 Å². The quantitative estimate of drug-likeness (QED) is 0.294. The van der Waals surface area contributed by atoms with Gasteiger partial charge in [-0.15, -0.1) is 0 Å². The maximum Gasteiger partial charge on any atom is 0.179 e. The molecule has 4 aromatic rings. The lowest BCUT2D eigenvalue weighted by Gasteiger charge is -2.27. The smallest absolute Gasteiger partial charge is 0.179 e. The molecule has 0 saturated carbocycles. The molecule has 0 bridgehead atoms. The van der Waals surface area contributed by atoms with E-state index < -0.39 is 0 Å². The number of hydrogen-bond donors (Lipinski definition) is 1. The Labute approximate surface area is 227 Å². The largest absolute Gasteiger partial charge is 0.497 e. The summed E-state index contributed by atoms with van der Waals surface area (Å²) in [5, 5.41) is 12.2. The summed E-state index contributed by atoms with van der Waals surface area (Å²) in [5.41, 5.74) is 3.47. The molecule has 202 valence electrons. The zero-order valence-corrected chi connectivity index (χ0v) is 22.6. The fourth-order valence-electron chi connectivity index (χ4n) is 4.33. The van der Waals surface area contributed by atoms with Gasteiger partial charge in [0.05, 0.1) is 38.7 Å². The van der Waals surface area contributed by atoms with Crippen LogP contribution in [0.5, 0.6) is 11.5 Å². The van der Waals surface area contributed by atoms with Gasteiger partial charge in [-0.25, -0.2) is 19.6 Å². The first kappa shape index (κ1) is 26.0. The van der Waals surface area contributed by atoms with Crippen molar-refractivity contribution in [3.63, 3.8) is 0 Å². The van der Waals surface area contributed by atoms with Crippen LogP contribution in [0.15, 0.2) is 53.0 Å². The summed E-state index contributed by atoms with van der Waals surface area (Å²) in [5.74, 6) is 3.09. The molecule has 0 unspecified atom stereocenters. The lowest BCUT2D eigenvalue weighted by molar-refractivity contribution is 0.316. The van der Waals surface area contributed by atoms with Gasteiger partial charge in [0.25, 0.3) is 0 Å². The number of methoxy groups -OCH3 is 2. The van der Waals surface area contributed by atoms with Crippen molar-refractivity contribution in [1.29, 1.82) is 0 Å². The van der Waals surface area contributed by atoms with Crippen LogP contribution in [0.25, 0.3) is 0 Å². The van der Waals surface area contributed by atoms with Gasteiger partial charge in [-0.3, -0.25) is 9.67 Å². The number of aryl methyl sites for hydroxylation is 1. The second-order valence-electron chi connectivity index (χ2n) is 9.22. The molecule has 3 aromatic heterocycles. The summed E-state index contributed by atoms with van der Waals surface area (Å²) < 4.78 is 14.9. The monoisotopic (exact) mass is 528 g/mol. The standard InChI is InChI=1S/C27H32N10O2/c1-18-23(10-21(38-4)11-24(18)39-5)36(16-25-31-17-37(34-25)20-13-29-14-20)26-7-6-22(27(28-2)33-26)30-9-8-19-12-32-35(3)15-19/h6-7,9-12,15,17,20,29H,2,8,13-14,16H2,1,3-5H3.